The highest BCUT2D eigenvalue weighted by atomic mass is 35.5. The minimum Gasteiger partial charge on any atom is -0.343 e. The van der Waals surface area contributed by atoms with Gasteiger partial charge in [0.25, 0.3) is 0 Å². The Labute approximate surface area is 236 Å². The molecule has 14 heteroatoms. The summed E-state index contributed by atoms with van der Waals surface area (Å²) >= 11 is 6.68. The van der Waals surface area contributed by atoms with Crippen molar-refractivity contribution in [3.05, 3.63) is 58.8 Å². The topological polar surface area (TPSA) is 96.9 Å². The largest absolute Gasteiger partial charge is 0.419 e. The Balaban J connectivity index is 1.29. The van der Waals surface area contributed by atoms with Crippen molar-refractivity contribution >= 4 is 33.0 Å². The van der Waals surface area contributed by atoms with Gasteiger partial charge in [0, 0.05) is 31.9 Å². The monoisotopic (exact) mass is 597 g/mol. The van der Waals surface area contributed by atoms with Gasteiger partial charge in [0.1, 0.15) is 5.71 Å². The van der Waals surface area contributed by atoms with E-state index in [1.807, 2.05) is 6.07 Å². The second-order valence-corrected chi connectivity index (χ2v) is 13.4. The third-order valence-corrected chi connectivity index (χ3v) is 10.6. The predicted octanol–water partition coefficient (Wildman–Crippen LogP) is 3.85. The van der Waals surface area contributed by atoms with E-state index in [2.05, 4.69) is 25.2 Å². The number of nitrogens with one attached hydrogen (secondary N) is 2. The van der Waals surface area contributed by atoms with Crippen molar-refractivity contribution in [2.75, 3.05) is 31.1 Å². The molecule has 0 spiro atoms. The van der Waals surface area contributed by atoms with Crippen LogP contribution in [0.25, 0.3) is 0 Å². The van der Waals surface area contributed by atoms with E-state index in [9.17, 15) is 21.6 Å². The maximum Gasteiger partial charge on any atom is 0.419 e. The van der Waals surface area contributed by atoms with Gasteiger partial charge in [-0.2, -0.15) is 13.2 Å². The molecule has 1 aromatic carbocycles. The van der Waals surface area contributed by atoms with Crippen LogP contribution in [-0.4, -0.2) is 83.2 Å². The second-order valence-electron chi connectivity index (χ2n) is 10.8. The van der Waals surface area contributed by atoms with Crippen molar-refractivity contribution in [2.45, 2.75) is 62.4 Å². The molecule has 1 aromatic heterocycles. The van der Waals surface area contributed by atoms with Crippen LogP contribution >= 0.6 is 11.6 Å². The third-order valence-electron chi connectivity index (χ3n) is 7.89. The van der Waals surface area contributed by atoms with Gasteiger partial charge in [0.2, 0.25) is 10.0 Å². The first-order valence-electron chi connectivity index (χ1n) is 13.5. The molecule has 40 heavy (non-hydrogen) atoms. The van der Waals surface area contributed by atoms with E-state index in [1.54, 1.807) is 12.1 Å². The summed E-state index contributed by atoms with van der Waals surface area (Å²) < 4.78 is 69.8. The highest BCUT2D eigenvalue weighted by Crippen LogP contribution is 2.37. The minimum atomic E-state index is -4.68. The van der Waals surface area contributed by atoms with E-state index in [1.165, 1.54) is 21.7 Å². The number of H-pyrrole nitrogens is 1. The number of hydrogen-bond acceptors (Lipinski definition) is 7. The lowest BCUT2D eigenvalue weighted by atomic mass is 10.0. The number of nitrogens with zero attached hydrogens (tertiary/aromatic N) is 5. The highest BCUT2D eigenvalue weighted by Gasteiger charge is 2.44. The number of alkyl halides is 3. The number of aliphatic imine (C=N–C) groups is 1. The molecule has 4 heterocycles. The molecule has 1 atom stereocenters. The molecule has 0 amide bonds. The first-order valence-corrected chi connectivity index (χ1v) is 15.4. The summed E-state index contributed by atoms with van der Waals surface area (Å²) in [4.78, 5) is 14.9. The van der Waals surface area contributed by atoms with Crippen LogP contribution in [0.2, 0.25) is 5.02 Å². The molecule has 6 rings (SSSR count). The smallest absolute Gasteiger partial charge is 0.343 e. The Morgan fingerprint density at radius 3 is 2.42 bits per heavy atom. The molecule has 2 saturated heterocycles. The van der Waals surface area contributed by atoms with Crippen molar-refractivity contribution in [3.8, 4) is 0 Å². The molecule has 0 radical (unpaired) electrons. The van der Waals surface area contributed by atoms with E-state index in [-0.39, 0.29) is 22.7 Å². The Kier molecular flexibility index (Phi) is 7.45. The molecular formula is C26H31ClF3N7O2S. The number of hydrogen-bond donors (Lipinski definition) is 2. The molecule has 1 aliphatic carbocycles. The maximum absolute atomic E-state index is 14.3. The first-order chi connectivity index (χ1) is 19.1. The SMILES string of the molecule is O=S(=O)(C1CC1)N1CCC(NC2N=C(c3cnc[nH]3)C(C(F)(F)F)=CN2c2ccc(CN3CCC3)cc2Cl)CC1. The fourth-order valence-corrected chi connectivity index (χ4v) is 7.55. The average Bonchev–Trinajstić information content (AvgIpc) is 3.62. The average molecular weight is 598 g/mol. The lowest BCUT2D eigenvalue weighted by Crippen LogP contribution is -2.53. The van der Waals surface area contributed by atoms with Gasteiger partial charge in [-0.05, 0) is 62.9 Å². The summed E-state index contributed by atoms with van der Waals surface area (Å²) in [5.74, 6) is 0. The van der Waals surface area contributed by atoms with Crippen LogP contribution in [0.15, 0.2) is 47.5 Å². The summed E-state index contributed by atoms with van der Waals surface area (Å²) in [6, 6.07) is 5.25. The zero-order valence-corrected chi connectivity index (χ0v) is 23.3. The molecule has 3 fully saturated rings. The molecular weight excluding hydrogens is 567 g/mol. The second kappa shape index (κ2) is 10.8. The van der Waals surface area contributed by atoms with E-state index in [4.69, 9.17) is 11.6 Å². The minimum absolute atomic E-state index is 0.149. The zero-order chi connectivity index (χ0) is 28.1. The van der Waals surface area contributed by atoms with Gasteiger partial charge in [-0.1, -0.05) is 17.7 Å². The van der Waals surface area contributed by atoms with Crippen molar-refractivity contribution in [2.24, 2.45) is 4.99 Å². The molecule has 216 valence electrons. The molecule has 1 saturated carbocycles. The number of piperidine rings is 1. The number of aromatic amines is 1. The van der Waals surface area contributed by atoms with Crippen LogP contribution < -0.4 is 10.2 Å². The maximum atomic E-state index is 14.3. The molecule has 1 unspecified atom stereocenters. The lowest BCUT2D eigenvalue weighted by molar-refractivity contribution is -0.0865. The van der Waals surface area contributed by atoms with Gasteiger partial charge < -0.3 is 9.88 Å². The first kappa shape index (κ1) is 27.7. The van der Waals surface area contributed by atoms with E-state index in [0.29, 0.717) is 49.5 Å². The summed E-state index contributed by atoms with van der Waals surface area (Å²) in [6.45, 7) is 3.48. The van der Waals surface area contributed by atoms with Gasteiger partial charge in [-0.15, -0.1) is 0 Å². The fourth-order valence-electron chi connectivity index (χ4n) is 5.37. The normalized spacial score (nSPS) is 23.6. The van der Waals surface area contributed by atoms with Gasteiger partial charge in [-0.3, -0.25) is 10.2 Å². The van der Waals surface area contributed by atoms with Crippen LogP contribution in [-0.2, 0) is 16.6 Å². The third kappa shape index (κ3) is 5.67. The van der Waals surface area contributed by atoms with Gasteiger partial charge in [0.05, 0.1) is 39.8 Å². The number of benzene rings is 1. The number of halogens is 4. The van der Waals surface area contributed by atoms with Crippen molar-refractivity contribution in [1.82, 2.24) is 24.5 Å². The highest BCUT2D eigenvalue weighted by molar-refractivity contribution is 7.90. The number of aromatic nitrogens is 2. The molecule has 3 aliphatic heterocycles. The summed E-state index contributed by atoms with van der Waals surface area (Å²) in [5.41, 5.74) is 0.366. The Bertz CT molecular complexity index is 1400. The molecule has 4 aliphatic rings. The standard InChI is InChI=1S/C26H31ClF3N7O2S/c27-21-12-17(14-35-8-1-9-35)2-5-23(21)37-15-20(26(28,29)30)24(22-13-31-16-32-22)34-25(37)33-18-6-10-36(11-7-18)40(38,39)19-3-4-19/h2,5,12-13,15-16,18-19,25,33H,1,3-4,6-11,14H2,(H,31,32). The zero-order valence-electron chi connectivity index (χ0n) is 21.7. The van der Waals surface area contributed by atoms with Crippen LogP contribution in [0.5, 0.6) is 0 Å². The quantitative estimate of drug-likeness (QED) is 0.480. The van der Waals surface area contributed by atoms with Crippen molar-refractivity contribution < 1.29 is 21.6 Å². The summed E-state index contributed by atoms with van der Waals surface area (Å²) in [5, 5.41) is 3.44. The number of likely N-dealkylation sites (tertiary alicyclic amines) is 1. The summed E-state index contributed by atoms with van der Waals surface area (Å²) in [6.07, 6.45) is 1.67. The number of sulfonamides is 1. The van der Waals surface area contributed by atoms with E-state index >= 15 is 0 Å². The number of allylic oxidation sites excluding steroid dienone is 1. The van der Waals surface area contributed by atoms with Crippen molar-refractivity contribution in [1.29, 1.82) is 0 Å². The Morgan fingerprint density at radius 2 is 1.85 bits per heavy atom. The van der Waals surface area contributed by atoms with E-state index < -0.39 is 28.1 Å². The number of anilines is 1. The molecule has 0 bridgehead atoms. The van der Waals surface area contributed by atoms with Crippen LogP contribution in [0.1, 0.15) is 43.4 Å². The molecule has 2 N–H and O–H groups in total. The fraction of sp³-hybridized carbons (Fsp3) is 0.538. The van der Waals surface area contributed by atoms with Crippen molar-refractivity contribution in [3.63, 3.8) is 0 Å². The summed E-state index contributed by atoms with van der Waals surface area (Å²) in [7, 11) is -3.28. The number of imidazole rings is 1. The van der Waals surface area contributed by atoms with Gasteiger partial charge in [0.15, 0.2) is 6.29 Å². The number of rotatable bonds is 8. The molecule has 9 nitrogen and oxygen atoms in total. The van der Waals surface area contributed by atoms with Gasteiger partial charge >= 0.3 is 6.18 Å². The lowest BCUT2D eigenvalue weighted by Gasteiger charge is -2.39. The Hall–Kier alpha value is -2.45. The van der Waals surface area contributed by atoms with Crippen LogP contribution in [0, 0.1) is 0 Å². The Morgan fingerprint density at radius 1 is 1.10 bits per heavy atom. The van der Waals surface area contributed by atoms with Crippen LogP contribution in [0.3, 0.4) is 0 Å². The predicted molar refractivity (Wildman–Crippen MR) is 147 cm³/mol. The van der Waals surface area contributed by atoms with Gasteiger partial charge in [-0.25, -0.2) is 22.7 Å². The van der Waals surface area contributed by atoms with Crippen LogP contribution in [0.4, 0.5) is 18.9 Å². The molecule has 2 aromatic rings. The van der Waals surface area contributed by atoms with E-state index in [0.717, 1.165) is 37.8 Å².